The average molecular weight is 253 g/mol. The minimum Gasteiger partial charge on any atom is -0.335 e. The summed E-state index contributed by atoms with van der Waals surface area (Å²) in [6.45, 7) is 8.74. The molecule has 0 aliphatic rings. The summed E-state index contributed by atoms with van der Waals surface area (Å²) in [5.41, 5.74) is 1.42. The van der Waals surface area contributed by atoms with Crippen molar-refractivity contribution in [3.63, 3.8) is 0 Å². The molecule has 0 unspecified atom stereocenters. The van der Waals surface area contributed by atoms with Gasteiger partial charge < -0.3 is 4.90 Å². The maximum absolute atomic E-state index is 12.2. The third-order valence-corrected chi connectivity index (χ3v) is 2.67. The molecule has 1 aromatic rings. The van der Waals surface area contributed by atoms with E-state index in [9.17, 15) is 4.79 Å². The number of aromatic nitrogens is 1. The molecule has 1 heterocycles. The third-order valence-electron chi connectivity index (χ3n) is 2.47. The van der Waals surface area contributed by atoms with Crippen LogP contribution in [0.5, 0.6) is 0 Å². The summed E-state index contributed by atoms with van der Waals surface area (Å²) in [6, 6.07) is 3.40. The van der Waals surface area contributed by atoms with Gasteiger partial charge in [0.15, 0.2) is 0 Å². The highest BCUT2D eigenvalue weighted by Gasteiger charge is 2.14. The molecule has 0 saturated carbocycles. The van der Waals surface area contributed by atoms with Gasteiger partial charge in [0.2, 0.25) is 0 Å². The second-order valence-corrected chi connectivity index (χ2v) is 4.04. The molecule has 0 N–H and O–H groups in total. The number of aryl methyl sites for hydroxylation is 1. The molecule has 0 bridgehead atoms. The van der Waals surface area contributed by atoms with E-state index in [0.717, 1.165) is 12.1 Å². The normalized spacial score (nSPS) is 10.1. The molecule has 0 spiro atoms. The Morgan fingerprint density at radius 2 is 2.24 bits per heavy atom. The van der Waals surface area contributed by atoms with Crippen LogP contribution in [0.4, 0.5) is 0 Å². The van der Waals surface area contributed by atoms with Gasteiger partial charge in [0, 0.05) is 24.3 Å². The average Bonchev–Trinajstić information content (AvgIpc) is 2.34. The lowest BCUT2D eigenvalue weighted by atomic mass is 10.2. The fraction of sp³-hybridized carbons (Fsp3) is 0.385. The van der Waals surface area contributed by atoms with Crippen molar-refractivity contribution < 1.29 is 4.79 Å². The van der Waals surface area contributed by atoms with Crippen LogP contribution in [0.2, 0.25) is 5.15 Å². The van der Waals surface area contributed by atoms with Crippen molar-refractivity contribution in [2.75, 3.05) is 13.1 Å². The Kier molecular flexibility index (Phi) is 5.16. The first kappa shape index (κ1) is 13.7. The van der Waals surface area contributed by atoms with Gasteiger partial charge in [-0.25, -0.2) is 4.98 Å². The molecule has 0 aromatic carbocycles. The molecular weight excluding hydrogens is 236 g/mol. The number of nitrogens with zero attached hydrogens (tertiary/aromatic N) is 2. The van der Waals surface area contributed by atoms with Crippen molar-refractivity contribution in [3.8, 4) is 0 Å². The summed E-state index contributed by atoms with van der Waals surface area (Å²) in [7, 11) is 0. The van der Waals surface area contributed by atoms with Gasteiger partial charge in [0.25, 0.3) is 5.91 Å². The number of pyridine rings is 1. The first-order valence-corrected chi connectivity index (χ1v) is 6.06. The van der Waals surface area contributed by atoms with Crippen molar-refractivity contribution in [3.05, 3.63) is 41.2 Å². The molecule has 17 heavy (non-hydrogen) atoms. The minimum atomic E-state index is -0.0357. The fourth-order valence-electron chi connectivity index (χ4n) is 1.55. The number of amides is 1. The molecule has 0 aliphatic heterocycles. The molecule has 1 rings (SSSR count). The highest BCUT2D eigenvalue weighted by atomic mass is 35.5. The van der Waals surface area contributed by atoms with E-state index >= 15 is 0 Å². The lowest BCUT2D eigenvalue weighted by Gasteiger charge is -2.19. The summed E-state index contributed by atoms with van der Waals surface area (Å²) in [4.78, 5) is 18.0. The zero-order chi connectivity index (χ0) is 12.8. The summed E-state index contributed by atoms with van der Waals surface area (Å²) in [5.74, 6) is -0.0357. The number of halogens is 1. The van der Waals surface area contributed by atoms with Crippen molar-refractivity contribution in [1.29, 1.82) is 0 Å². The van der Waals surface area contributed by atoms with Gasteiger partial charge in [0.05, 0.1) is 0 Å². The number of hydrogen-bond acceptors (Lipinski definition) is 2. The van der Waals surface area contributed by atoms with E-state index in [1.165, 1.54) is 0 Å². The Labute approximate surface area is 107 Å². The highest BCUT2D eigenvalue weighted by Crippen LogP contribution is 2.13. The van der Waals surface area contributed by atoms with Crippen molar-refractivity contribution in [1.82, 2.24) is 9.88 Å². The van der Waals surface area contributed by atoms with Gasteiger partial charge in [-0.15, -0.1) is 6.58 Å². The number of hydrogen-bond donors (Lipinski definition) is 0. The Morgan fingerprint density at radius 3 is 2.76 bits per heavy atom. The van der Waals surface area contributed by atoms with Crippen LogP contribution in [0.1, 0.15) is 29.9 Å². The van der Waals surface area contributed by atoms with Crippen LogP contribution >= 0.6 is 11.6 Å². The second kappa shape index (κ2) is 6.40. The second-order valence-electron chi connectivity index (χ2n) is 3.66. The van der Waals surface area contributed by atoms with Crippen LogP contribution in [0.25, 0.3) is 0 Å². The summed E-state index contributed by atoms with van der Waals surface area (Å²) >= 11 is 5.90. The van der Waals surface area contributed by atoms with Crippen LogP contribution in [-0.4, -0.2) is 28.9 Å². The van der Waals surface area contributed by atoms with Crippen molar-refractivity contribution in [2.24, 2.45) is 0 Å². The van der Waals surface area contributed by atoms with E-state index < -0.39 is 0 Å². The maximum Gasteiger partial charge on any atom is 0.254 e. The van der Waals surface area contributed by atoms with Crippen LogP contribution in [0.15, 0.2) is 24.8 Å². The quantitative estimate of drug-likeness (QED) is 0.596. The minimum absolute atomic E-state index is 0.0357. The maximum atomic E-state index is 12.2. The molecule has 0 atom stereocenters. The number of rotatable bonds is 5. The predicted octanol–water partition coefficient (Wildman–Crippen LogP) is 2.95. The van der Waals surface area contributed by atoms with Gasteiger partial charge >= 0.3 is 0 Å². The van der Waals surface area contributed by atoms with Crippen molar-refractivity contribution in [2.45, 2.75) is 20.3 Å². The monoisotopic (exact) mass is 252 g/mol. The van der Waals surface area contributed by atoms with Crippen LogP contribution in [0, 0.1) is 0 Å². The summed E-state index contributed by atoms with van der Waals surface area (Å²) in [6.07, 6.45) is 2.47. The van der Waals surface area contributed by atoms with E-state index in [4.69, 9.17) is 11.6 Å². The van der Waals surface area contributed by atoms with E-state index in [-0.39, 0.29) is 5.91 Å². The Bertz CT molecular complexity index is 418. The van der Waals surface area contributed by atoms with E-state index in [2.05, 4.69) is 11.6 Å². The molecule has 0 radical (unpaired) electrons. The summed E-state index contributed by atoms with van der Waals surface area (Å²) in [5, 5.41) is 0.363. The summed E-state index contributed by atoms with van der Waals surface area (Å²) < 4.78 is 0. The smallest absolute Gasteiger partial charge is 0.254 e. The van der Waals surface area contributed by atoms with Gasteiger partial charge in [0.1, 0.15) is 5.15 Å². The molecule has 1 amide bonds. The molecule has 3 nitrogen and oxygen atoms in total. The van der Waals surface area contributed by atoms with Crippen LogP contribution in [0.3, 0.4) is 0 Å². The molecule has 92 valence electrons. The lowest BCUT2D eigenvalue weighted by molar-refractivity contribution is 0.0782. The molecule has 0 aliphatic carbocycles. The van der Waals surface area contributed by atoms with Gasteiger partial charge in [-0.2, -0.15) is 0 Å². The topological polar surface area (TPSA) is 33.2 Å². The number of carbonyl (C=O) groups is 1. The zero-order valence-corrected chi connectivity index (χ0v) is 11.0. The van der Waals surface area contributed by atoms with Crippen molar-refractivity contribution >= 4 is 17.5 Å². The van der Waals surface area contributed by atoms with Gasteiger partial charge in [-0.05, 0) is 25.5 Å². The molecule has 0 saturated heterocycles. The largest absolute Gasteiger partial charge is 0.335 e. The predicted molar refractivity (Wildman–Crippen MR) is 70.4 cm³/mol. The van der Waals surface area contributed by atoms with Gasteiger partial charge in [-0.1, -0.05) is 24.6 Å². The SMILES string of the molecule is C=CCN(CC)C(=O)c1cc(Cl)nc(CC)c1. The van der Waals surface area contributed by atoms with E-state index in [1.807, 2.05) is 13.8 Å². The van der Waals surface area contributed by atoms with E-state index in [1.54, 1.807) is 23.1 Å². The Balaban J connectivity index is 3.01. The zero-order valence-electron chi connectivity index (χ0n) is 10.2. The molecule has 1 aromatic heterocycles. The van der Waals surface area contributed by atoms with Crippen LogP contribution < -0.4 is 0 Å². The Hall–Kier alpha value is -1.35. The van der Waals surface area contributed by atoms with E-state index in [0.29, 0.717) is 23.8 Å². The fourth-order valence-corrected chi connectivity index (χ4v) is 1.78. The molecule has 4 heteroatoms. The first-order valence-electron chi connectivity index (χ1n) is 5.69. The Morgan fingerprint density at radius 1 is 1.53 bits per heavy atom. The third kappa shape index (κ3) is 3.56. The highest BCUT2D eigenvalue weighted by molar-refractivity contribution is 6.29. The van der Waals surface area contributed by atoms with Gasteiger partial charge in [-0.3, -0.25) is 4.79 Å². The van der Waals surface area contributed by atoms with Crippen LogP contribution in [-0.2, 0) is 6.42 Å². The molecule has 0 fully saturated rings. The first-order chi connectivity index (χ1) is 8.12. The number of likely N-dealkylation sites (N-methyl/N-ethyl adjacent to an activating group) is 1. The molecular formula is C13H17ClN2O. The standard InChI is InChI=1S/C13H17ClN2O/c1-4-7-16(6-3)13(17)10-8-11(5-2)15-12(14)9-10/h4,8-9H,1,5-7H2,2-3H3. The number of carbonyl (C=O) groups excluding carboxylic acids is 1. The lowest BCUT2D eigenvalue weighted by Crippen LogP contribution is -2.31.